The minimum Gasteiger partial charge on any atom is -0.378 e. The van der Waals surface area contributed by atoms with Gasteiger partial charge in [0.15, 0.2) is 0 Å². The smallest absolute Gasteiger partial charge is 0.114 e. The van der Waals surface area contributed by atoms with E-state index in [1.54, 1.807) is 0 Å². The summed E-state index contributed by atoms with van der Waals surface area (Å²) < 4.78 is 14.2. The maximum Gasteiger partial charge on any atom is 0.114 e. The van der Waals surface area contributed by atoms with E-state index in [1.165, 1.54) is 4.24 Å². The Morgan fingerprint density at radius 3 is 2.88 bits per heavy atom. The van der Waals surface area contributed by atoms with Crippen molar-refractivity contribution in [3.05, 3.63) is 10.4 Å². The molecule has 2 heterocycles. The molecule has 0 aromatic carbocycles. The zero-order chi connectivity index (χ0) is 12.7. The molecule has 1 N–H and O–H groups in total. The highest BCUT2D eigenvalue weighted by atomic mass is 32.2. The van der Waals surface area contributed by atoms with E-state index in [9.17, 15) is 4.39 Å². The third kappa shape index (κ3) is 5.53. The Morgan fingerprint density at radius 2 is 2.35 bits per heavy atom. The topological polar surface area (TPSA) is 15.3 Å². The van der Waals surface area contributed by atoms with Crippen molar-refractivity contribution in [2.24, 2.45) is 0 Å². The quantitative estimate of drug-likeness (QED) is 0.848. The van der Waals surface area contributed by atoms with Crippen LogP contribution >= 0.6 is 23.5 Å². The summed E-state index contributed by atoms with van der Waals surface area (Å²) in [4.78, 5) is 2.22. The highest BCUT2D eigenvalue weighted by molar-refractivity contribution is 8.22. The summed E-state index contributed by atoms with van der Waals surface area (Å²) in [6, 6.07) is 0. The fourth-order valence-corrected chi connectivity index (χ4v) is 4.05. The normalized spacial score (nSPS) is 28.4. The second-order valence-corrected chi connectivity index (χ2v) is 6.70. The number of hydrogen-bond donors (Lipinski definition) is 1. The number of thioether (sulfide) groups is 2. The summed E-state index contributed by atoms with van der Waals surface area (Å²) in [5.41, 5.74) is 0. The van der Waals surface area contributed by atoms with Gasteiger partial charge in [0.2, 0.25) is 0 Å². The minimum absolute atomic E-state index is 0.509. The average molecular weight is 278 g/mol. The summed E-state index contributed by atoms with van der Waals surface area (Å²) >= 11 is 3.74. The SMILES string of the molecule is CC.CC1NC=C(SCCN2CCC(F)C2)S1. The Morgan fingerprint density at radius 1 is 1.59 bits per heavy atom. The van der Waals surface area contributed by atoms with Crippen LogP contribution < -0.4 is 5.32 Å². The molecule has 0 amide bonds. The van der Waals surface area contributed by atoms with Gasteiger partial charge in [0.1, 0.15) is 6.17 Å². The van der Waals surface area contributed by atoms with Crippen LogP contribution in [0.5, 0.6) is 0 Å². The van der Waals surface area contributed by atoms with Crippen LogP contribution in [0.3, 0.4) is 0 Å². The van der Waals surface area contributed by atoms with Crippen molar-refractivity contribution in [1.29, 1.82) is 0 Å². The maximum atomic E-state index is 12.9. The van der Waals surface area contributed by atoms with Gasteiger partial charge < -0.3 is 5.32 Å². The van der Waals surface area contributed by atoms with Crippen LogP contribution in [-0.2, 0) is 0 Å². The largest absolute Gasteiger partial charge is 0.378 e. The van der Waals surface area contributed by atoms with Gasteiger partial charge in [0, 0.05) is 31.6 Å². The lowest BCUT2D eigenvalue weighted by Crippen LogP contribution is -2.23. The van der Waals surface area contributed by atoms with Crippen LogP contribution in [-0.4, -0.2) is 41.8 Å². The summed E-state index contributed by atoms with van der Waals surface area (Å²) in [5.74, 6) is 1.07. The molecule has 0 aliphatic carbocycles. The lowest BCUT2D eigenvalue weighted by Gasteiger charge is -2.13. The highest BCUT2D eigenvalue weighted by Gasteiger charge is 2.21. The van der Waals surface area contributed by atoms with Crippen molar-refractivity contribution < 1.29 is 4.39 Å². The standard InChI is InChI=1S/C10H17FN2S2.C2H6/c1-8-12-6-10(15-8)14-5-4-13-3-2-9(11)7-13;1-2/h6,8-9,12H,2-5,7H2,1H3;1-2H3. The molecule has 2 rings (SSSR count). The van der Waals surface area contributed by atoms with Crippen LogP contribution in [0.2, 0.25) is 0 Å². The fourth-order valence-electron chi connectivity index (χ4n) is 1.77. The maximum absolute atomic E-state index is 12.9. The second-order valence-electron chi connectivity index (χ2n) is 3.93. The molecule has 1 fully saturated rings. The third-order valence-corrected chi connectivity index (χ3v) is 4.87. The van der Waals surface area contributed by atoms with E-state index in [4.69, 9.17) is 0 Å². The van der Waals surface area contributed by atoms with Crippen molar-refractivity contribution in [3.8, 4) is 0 Å². The van der Waals surface area contributed by atoms with Crippen molar-refractivity contribution in [2.45, 2.75) is 38.7 Å². The van der Waals surface area contributed by atoms with Gasteiger partial charge in [-0.25, -0.2) is 4.39 Å². The van der Waals surface area contributed by atoms with E-state index in [2.05, 4.69) is 23.3 Å². The molecule has 0 saturated carbocycles. The molecular formula is C12H23FN2S2. The first-order chi connectivity index (χ1) is 8.24. The Bertz CT molecular complexity index is 249. The molecule has 0 aromatic rings. The molecule has 0 spiro atoms. The average Bonchev–Trinajstić information content (AvgIpc) is 2.91. The van der Waals surface area contributed by atoms with E-state index in [-0.39, 0.29) is 0 Å². The molecular weight excluding hydrogens is 255 g/mol. The monoisotopic (exact) mass is 278 g/mol. The van der Waals surface area contributed by atoms with Gasteiger partial charge in [-0.05, 0) is 13.3 Å². The van der Waals surface area contributed by atoms with Gasteiger partial charge >= 0.3 is 0 Å². The number of nitrogens with one attached hydrogen (secondary N) is 1. The zero-order valence-electron chi connectivity index (χ0n) is 10.9. The predicted octanol–water partition coefficient (Wildman–Crippen LogP) is 3.27. The molecule has 2 unspecified atom stereocenters. The summed E-state index contributed by atoms with van der Waals surface area (Å²) in [6.45, 7) is 8.74. The molecule has 2 atom stereocenters. The first kappa shape index (κ1) is 15.2. The first-order valence-electron chi connectivity index (χ1n) is 6.36. The lowest BCUT2D eigenvalue weighted by molar-refractivity contribution is 0.299. The number of alkyl halides is 1. The third-order valence-electron chi connectivity index (χ3n) is 2.60. The van der Waals surface area contributed by atoms with Crippen molar-refractivity contribution in [2.75, 3.05) is 25.4 Å². The van der Waals surface area contributed by atoms with E-state index in [0.29, 0.717) is 11.9 Å². The number of nitrogens with zero attached hydrogens (tertiary/aromatic N) is 1. The lowest BCUT2D eigenvalue weighted by atomic mass is 10.3. The minimum atomic E-state index is -0.586. The number of rotatable bonds is 4. The van der Waals surface area contributed by atoms with Gasteiger partial charge in [0.25, 0.3) is 0 Å². The van der Waals surface area contributed by atoms with Crippen molar-refractivity contribution in [3.63, 3.8) is 0 Å². The first-order valence-corrected chi connectivity index (χ1v) is 8.22. The van der Waals surface area contributed by atoms with Crippen molar-refractivity contribution >= 4 is 23.5 Å². The molecule has 0 aromatic heterocycles. The fraction of sp³-hybridized carbons (Fsp3) is 0.833. The Labute approximate surface area is 113 Å². The van der Waals surface area contributed by atoms with Gasteiger partial charge in [-0.1, -0.05) is 25.6 Å². The summed E-state index contributed by atoms with van der Waals surface area (Å²) in [5, 5.41) is 3.77. The Kier molecular flexibility index (Phi) is 7.39. The van der Waals surface area contributed by atoms with Crippen LogP contribution in [0.15, 0.2) is 10.4 Å². The molecule has 2 aliphatic rings. The van der Waals surface area contributed by atoms with Crippen molar-refractivity contribution in [1.82, 2.24) is 10.2 Å². The summed E-state index contributed by atoms with van der Waals surface area (Å²) in [6.07, 6.45) is 2.22. The van der Waals surface area contributed by atoms with E-state index < -0.39 is 6.17 Å². The number of halogens is 1. The number of hydrogen-bond acceptors (Lipinski definition) is 4. The molecule has 2 nitrogen and oxygen atoms in total. The summed E-state index contributed by atoms with van der Waals surface area (Å²) in [7, 11) is 0. The Balaban J connectivity index is 0.000000686. The zero-order valence-corrected chi connectivity index (χ0v) is 12.5. The second kappa shape index (κ2) is 8.27. The van der Waals surface area contributed by atoms with Gasteiger partial charge in [0.05, 0.1) is 9.61 Å². The van der Waals surface area contributed by atoms with Gasteiger partial charge in [-0.3, -0.25) is 4.90 Å². The molecule has 0 bridgehead atoms. The van der Waals surface area contributed by atoms with Crippen LogP contribution in [0.25, 0.3) is 0 Å². The Hall–Kier alpha value is 0.130. The molecule has 17 heavy (non-hydrogen) atoms. The van der Waals surface area contributed by atoms with Gasteiger partial charge in [-0.15, -0.1) is 11.8 Å². The number of likely N-dealkylation sites (tertiary alicyclic amines) is 1. The molecule has 1 saturated heterocycles. The van der Waals surface area contributed by atoms with Crippen LogP contribution in [0.1, 0.15) is 27.2 Å². The predicted molar refractivity (Wildman–Crippen MR) is 78.0 cm³/mol. The van der Waals surface area contributed by atoms with E-state index in [1.807, 2.05) is 37.4 Å². The van der Waals surface area contributed by atoms with Crippen LogP contribution in [0, 0.1) is 0 Å². The highest BCUT2D eigenvalue weighted by Crippen LogP contribution is 2.34. The molecule has 100 valence electrons. The van der Waals surface area contributed by atoms with E-state index in [0.717, 1.165) is 25.3 Å². The van der Waals surface area contributed by atoms with Crippen LogP contribution in [0.4, 0.5) is 4.39 Å². The van der Waals surface area contributed by atoms with Gasteiger partial charge in [-0.2, -0.15) is 0 Å². The van der Waals surface area contributed by atoms with E-state index >= 15 is 0 Å². The molecule has 2 aliphatic heterocycles. The molecule has 0 radical (unpaired) electrons. The molecule has 5 heteroatoms.